The van der Waals surface area contributed by atoms with Crippen molar-refractivity contribution < 1.29 is 63.1 Å². The van der Waals surface area contributed by atoms with Crippen molar-refractivity contribution in [2.24, 2.45) is 20.5 Å². The highest BCUT2D eigenvalue weighted by Gasteiger charge is 2.25. The van der Waals surface area contributed by atoms with Crippen LogP contribution >= 0.6 is 0 Å². The number of azo groups is 2. The second-order valence-corrected chi connectivity index (χ2v) is 15.8. The molecule has 4 rings (SSSR count). The molecule has 0 unspecified atom stereocenters. The minimum atomic E-state index is -5.10. The first kappa shape index (κ1) is 42.9. The van der Waals surface area contributed by atoms with Gasteiger partial charge in [0.05, 0.1) is 56.1 Å². The zero-order valence-electron chi connectivity index (χ0n) is 29.6. The molecule has 0 heterocycles. The summed E-state index contributed by atoms with van der Waals surface area (Å²) in [6.07, 6.45) is 0.449. The van der Waals surface area contributed by atoms with Crippen LogP contribution in [0.3, 0.4) is 0 Å². The molecule has 0 aliphatic rings. The molecule has 0 fully saturated rings. The standard InChI is InChI=1S/C32H38N6O14S3/c1-48-11-12-52-14-13-51-10-4-9-34-53(40,41)22-7-5-21(6-8-22)35-36-25-18-28(50-3)26(19-27(25)49-2)37-38-31-29(55(45,46)47)16-20-15-23(54(42,43)44)17-24(33)30(20)32(31)39/h5-8,15-19,34,39H,4,9-14,33H2,1-3H3,(H,42,43,44)(H,45,46,47). The van der Waals surface area contributed by atoms with E-state index >= 15 is 0 Å². The minimum Gasteiger partial charge on any atom is -0.505 e. The molecule has 0 aromatic heterocycles. The molecule has 23 heteroatoms. The summed E-state index contributed by atoms with van der Waals surface area (Å²) in [6, 6.07) is 10.7. The van der Waals surface area contributed by atoms with E-state index in [-0.39, 0.29) is 56.5 Å². The first-order chi connectivity index (χ1) is 26.0. The SMILES string of the molecule is COCCOCCOCCCNS(=O)(=O)c1ccc(N=Nc2cc(OC)c(N=Nc3c(S(=O)(=O)O)cc4cc(S(=O)(=O)O)cc(N)c4c3O)cc2OC)cc1. The lowest BCUT2D eigenvalue weighted by atomic mass is 10.1. The smallest absolute Gasteiger partial charge is 0.296 e. The van der Waals surface area contributed by atoms with Crippen molar-refractivity contribution in [2.45, 2.75) is 21.1 Å². The second-order valence-electron chi connectivity index (χ2n) is 11.2. The van der Waals surface area contributed by atoms with E-state index in [1.807, 2.05) is 0 Å². The number of nitrogens with two attached hydrogens (primary N) is 1. The van der Waals surface area contributed by atoms with Crippen LogP contribution in [0.15, 0.2) is 89.7 Å². The van der Waals surface area contributed by atoms with Crippen molar-refractivity contribution in [1.29, 1.82) is 0 Å². The quantitative estimate of drug-likeness (QED) is 0.0345. The highest BCUT2D eigenvalue weighted by molar-refractivity contribution is 7.89. The van der Waals surface area contributed by atoms with Gasteiger partial charge in [-0.05, 0) is 54.3 Å². The van der Waals surface area contributed by atoms with Gasteiger partial charge in [0.2, 0.25) is 10.0 Å². The normalized spacial score (nSPS) is 12.6. The van der Waals surface area contributed by atoms with E-state index in [0.29, 0.717) is 39.5 Å². The first-order valence-electron chi connectivity index (χ1n) is 15.9. The number of aromatic hydroxyl groups is 1. The lowest BCUT2D eigenvalue weighted by Crippen LogP contribution is -2.25. The molecule has 0 saturated carbocycles. The van der Waals surface area contributed by atoms with Gasteiger partial charge in [-0.1, -0.05) is 0 Å². The summed E-state index contributed by atoms with van der Waals surface area (Å²) in [7, 11) is -9.51. The molecule has 0 bridgehead atoms. The average molecular weight is 827 g/mol. The minimum absolute atomic E-state index is 0.00743. The summed E-state index contributed by atoms with van der Waals surface area (Å²) in [6.45, 7) is 2.24. The predicted octanol–water partition coefficient (Wildman–Crippen LogP) is 4.82. The third kappa shape index (κ3) is 11.3. The van der Waals surface area contributed by atoms with Crippen LogP contribution in [0.4, 0.5) is 28.4 Å². The Hall–Kier alpha value is -4.85. The molecule has 0 atom stereocenters. The highest BCUT2D eigenvalue weighted by Crippen LogP contribution is 2.46. The van der Waals surface area contributed by atoms with Gasteiger partial charge in [-0.25, -0.2) is 13.1 Å². The number of fused-ring (bicyclic) bond motifs is 1. The fourth-order valence-electron chi connectivity index (χ4n) is 4.79. The molecular weight excluding hydrogens is 789 g/mol. The van der Waals surface area contributed by atoms with Gasteiger partial charge in [0, 0.05) is 43.5 Å². The van der Waals surface area contributed by atoms with Crippen LogP contribution in [0.25, 0.3) is 10.8 Å². The Bertz CT molecular complexity index is 2390. The molecule has 0 spiro atoms. The van der Waals surface area contributed by atoms with E-state index in [1.54, 1.807) is 7.11 Å². The molecule has 0 saturated heterocycles. The summed E-state index contributed by atoms with van der Waals surface area (Å²) < 4.78 is 122. The van der Waals surface area contributed by atoms with E-state index in [2.05, 4.69) is 25.2 Å². The van der Waals surface area contributed by atoms with Crippen LogP contribution in [0.1, 0.15) is 6.42 Å². The summed E-state index contributed by atoms with van der Waals surface area (Å²) >= 11 is 0. The fraction of sp³-hybridized carbons (Fsp3) is 0.312. The number of hydrogen-bond acceptors (Lipinski definition) is 17. The molecule has 55 heavy (non-hydrogen) atoms. The maximum absolute atomic E-state index is 12.7. The van der Waals surface area contributed by atoms with Crippen LogP contribution in [0.2, 0.25) is 0 Å². The predicted molar refractivity (Wildman–Crippen MR) is 197 cm³/mol. The van der Waals surface area contributed by atoms with Crippen molar-refractivity contribution in [2.75, 3.05) is 66.6 Å². The van der Waals surface area contributed by atoms with Gasteiger partial charge in [0.25, 0.3) is 20.2 Å². The number of hydrogen-bond donors (Lipinski definition) is 5. The van der Waals surface area contributed by atoms with Gasteiger partial charge in [-0.15, -0.1) is 15.3 Å². The van der Waals surface area contributed by atoms with E-state index < -0.39 is 51.5 Å². The van der Waals surface area contributed by atoms with Gasteiger partial charge in [0.1, 0.15) is 33.5 Å². The van der Waals surface area contributed by atoms with E-state index in [1.165, 1.54) is 50.6 Å². The van der Waals surface area contributed by atoms with Gasteiger partial charge in [-0.3, -0.25) is 9.11 Å². The Kier molecular flexibility index (Phi) is 14.5. The molecular formula is C32H38N6O14S3. The molecule has 20 nitrogen and oxygen atoms in total. The number of ether oxygens (including phenoxy) is 5. The Balaban J connectivity index is 1.52. The number of phenolic OH excluding ortho intramolecular Hbond substituents is 1. The number of phenols is 1. The molecule has 0 radical (unpaired) electrons. The second kappa shape index (κ2) is 18.7. The molecule has 4 aromatic rings. The van der Waals surface area contributed by atoms with Crippen LogP contribution < -0.4 is 19.9 Å². The molecule has 298 valence electrons. The molecule has 6 N–H and O–H groups in total. The van der Waals surface area contributed by atoms with E-state index in [9.17, 15) is 39.5 Å². The average Bonchev–Trinajstić information content (AvgIpc) is 3.13. The molecule has 0 aliphatic heterocycles. The number of sulfonamides is 1. The number of methoxy groups -OCH3 is 3. The molecule has 4 aromatic carbocycles. The van der Waals surface area contributed by atoms with Gasteiger partial charge >= 0.3 is 0 Å². The fourth-order valence-corrected chi connectivity index (χ4v) is 7.07. The zero-order chi connectivity index (χ0) is 40.4. The van der Waals surface area contributed by atoms with Crippen LogP contribution in [0.5, 0.6) is 17.2 Å². The first-order valence-corrected chi connectivity index (χ1v) is 20.2. The lowest BCUT2D eigenvalue weighted by molar-refractivity contribution is 0.0245. The van der Waals surface area contributed by atoms with Crippen molar-refractivity contribution in [1.82, 2.24) is 4.72 Å². The number of nitrogen functional groups attached to an aromatic ring is 1. The summed E-state index contributed by atoms with van der Waals surface area (Å²) in [5.74, 6) is -0.762. The zero-order valence-corrected chi connectivity index (χ0v) is 32.0. The number of nitrogens with zero attached hydrogens (tertiary/aromatic N) is 4. The highest BCUT2D eigenvalue weighted by atomic mass is 32.2. The summed E-state index contributed by atoms with van der Waals surface area (Å²) in [4.78, 5) is -1.64. The van der Waals surface area contributed by atoms with Crippen molar-refractivity contribution in [3.8, 4) is 17.2 Å². The molecule has 0 aliphatic carbocycles. The van der Waals surface area contributed by atoms with Crippen LogP contribution in [-0.4, -0.2) is 100 Å². The van der Waals surface area contributed by atoms with Crippen LogP contribution in [-0.2, 0) is 44.5 Å². The monoisotopic (exact) mass is 826 g/mol. The van der Waals surface area contributed by atoms with Gasteiger partial charge in [0.15, 0.2) is 5.75 Å². The third-order valence-corrected chi connectivity index (χ3v) is 10.6. The number of benzene rings is 4. The number of anilines is 1. The largest absolute Gasteiger partial charge is 0.505 e. The number of nitrogens with one attached hydrogen (secondary N) is 1. The topological polar surface area (TPSA) is 297 Å². The summed E-state index contributed by atoms with van der Waals surface area (Å²) in [5, 5.41) is 26.6. The maximum atomic E-state index is 12.7. The number of rotatable bonds is 20. The van der Waals surface area contributed by atoms with Gasteiger partial charge in [-0.2, -0.15) is 21.9 Å². The lowest BCUT2D eigenvalue weighted by Gasteiger charge is -2.12. The Morgan fingerprint density at radius 1 is 0.691 bits per heavy atom. The van der Waals surface area contributed by atoms with Crippen molar-refractivity contribution in [3.63, 3.8) is 0 Å². The Morgan fingerprint density at radius 3 is 1.84 bits per heavy atom. The van der Waals surface area contributed by atoms with E-state index in [4.69, 9.17) is 29.4 Å². The van der Waals surface area contributed by atoms with Crippen LogP contribution in [0, 0.1) is 0 Å². The Labute approximate surface area is 316 Å². The Morgan fingerprint density at radius 2 is 1.27 bits per heavy atom. The van der Waals surface area contributed by atoms with Gasteiger partial charge < -0.3 is 34.5 Å². The summed E-state index contributed by atoms with van der Waals surface area (Å²) in [5.41, 5.74) is 5.16. The van der Waals surface area contributed by atoms with Crippen molar-refractivity contribution in [3.05, 3.63) is 54.6 Å². The molecule has 0 amide bonds. The van der Waals surface area contributed by atoms with E-state index in [0.717, 1.165) is 18.2 Å². The maximum Gasteiger partial charge on any atom is 0.296 e. The third-order valence-electron chi connectivity index (χ3n) is 7.45. The van der Waals surface area contributed by atoms with Crippen molar-refractivity contribution >= 4 is 69.5 Å².